The van der Waals surface area contributed by atoms with Crippen LogP contribution in [0.15, 0.2) is 29.3 Å². The molecule has 0 aliphatic carbocycles. The van der Waals surface area contributed by atoms with Crippen LogP contribution in [0.5, 0.6) is 5.75 Å². The molecule has 2 rings (SSSR count). The molecule has 212 valence electrons. The van der Waals surface area contributed by atoms with E-state index in [1.54, 1.807) is 17.0 Å². The molecule has 0 spiro atoms. The molecular formula is C27H44N6O5. The number of nitrogens with one attached hydrogen (secondary N) is 2. The van der Waals surface area contributed by atoms with Crippen LogP contribution in [0.25, 0.3) is 0 Å². The van der Waals surface area contributed by atoms with Crippen LogP contribution in [0.3, 0.4) is 0 Å². The summed E-state index contributed by atoms with van der Waals surface area (Å²) in [6, 6.07) is 4.46. The van der Waals surface area contributed by atoms with Crippen LogP contribution >= 0.6 is 0 Å². The van der Waals surface area contributed by atoms with Crippen LogP contribution in [0.1, 0.15) is 64.4 Å². The molecule has 3 amide bonds. The van der Waals surface area contributed by atoms with Crippen LogP contribution in [0.2, 0.25) is 0 Å². The van der Waals surface area contributed by atoms with Crippen LogP contribution in [-0.4, -0.2) is 76.6 Å². The highest BCUT2D eigenvalue weighted by Crippen LogP contribution is 2.25. The third kappa shape index (κ3) is 10.2. The lowest BCUT2D eigenvalue weighted by molar-refractivity contribution is -0.141. The molecule has 1 aromatic rings. The van der Waals surface area contributed by atoms with E-state index in [2.05, 4.69) is 22.5 Å². The first-order valence-electron chi connectivity index (χ1n) is 13.5. The number of benzene rings is 1. The van der Waals surface area contributed by atoms with Gasteiger partial charge in [0.1, 0.15) is 17.8 Å². The fraction of sp³-hybridized carbons (Fsp3) is 0.630. The number of nitrogens with two attached hydrogens (primary N) is 2. The van der Waals surface area contributed by atoms with Gasteiger partial charge in [0.2, 0.25) is 17.7 Å². The Morgan fingerprint density at radius 1 is 1.13 bits per heavy atom. The number of aliphatic hydroxyl groups excluding tert-OH is 1. The third-order valence-electron chi connectivity index (χ3n) is 6.68. The molecule has 4 atom stereocenters. The first kappa shape index (κ1) is 30.9. The van der Waals surface area contributed by atoms with Crippen molar-refractivity contribution in [3.63, 3.8) is 0 Å². The van der Waals surface area contributed by atoms with Crippen molar-refractivity contribution < 1.29 is 24.6 Å². The second-order valence-corrected chi connectivity index (χ2v) is 10.1. The first-order chi connectivity index (χ1) is 18.1. The van der Waals surface area contributed by atoms with Gasteiger partial charge in [0.15, 0.2) is 5.96 Å². The van der Waals surface area contributed by atoms with Crippen molar-refractivity contribution in [2.24, 2.45) is 22.4 Å². The summed E-state index contributed by atoms with van der Waals surface area (Å²) in [5.41, 5.74) is 11.5. The van der Waals surface area contributed by atoms with Gasteiger partial charge in [-0.25, -0.2) is 0 Å². The number of amides is 3. The van der Waals surface area contributed by atoms with Crippen molar-refractivity contribution in [1.82, 2.24) is 15.5 Å². The fourth-order valence-corrected chi connectivity index (χ4v) is 4.66. The van der Waals surface area contributed by atoms with Gasteiger partial charge < -0.3 is 37.2 Å². The Morgan fingerprint density at radius 3 is 2.47 bits per heavy atom. The van der Waals surface area contributed by atoms with Crippen molar-refractivity contribution in [3.05, 3.63) is 29.8 Å². The van der Waals surface area contributed by atoms with Crippen LogP contribution < -0.4 is 22.1 Å². The minimum Gasteiger partial charge on any atom is -0.508 e. The highest BCUT2D eigenvalue weighted by Gasteiger charge is 2.41. The Kier molecular flexibility index (Phi) is 12.8. The van der Waals surface area contributed by atoms with Crippen molar-refractivity contribution in [3.8, 4) is 5.75 Å². The number of aliphatic hydroxyl groups is 1. The van der Waals surface area contributed by atoms with Gasteiger partial charge in [-0.3, -0.25) is 19.4 Å². The molecule has 0 saturated carbocycles. The highest BCUT2D eigenvalue weighted by atomic mass is 16.3. The van der Waals surface area contributed by atoms with Crippen LogP contribution in [0, 0.1) is 5.92 Å². The summed E-state index contributed by atoms with van der Waals surface area (Å²) in [5.74, 6) is -0.658. The maximum Gasteiger partial charge on any atom is 0.246 e. The fourth-order valence-electron chi connectivity index (χ4n) is 4.66. The topological polar surface area (TPSA) is 183 Å². The van der Waals surface area contributed by atoms with Crippen LogP contribution in [-0.2, 0) is 20.8 Å². The van der Waals surface area contributed by atoms with E-state index in [-0.39, 0.29) is 48.4 Å². The third-order valence-corrected chi connectivity index (χ3v) is 6.68. The summed E-state index contributed by atoms with van der Waals surface area (Å²) < 4.78 is 0. The number of likely N-dealkylation sites (tertiary alicyclic amines) is 1. The van der Waals surface area contributed by atoms with E-state index in [1.807, 2.05) is 6.92 Å². The molecule has 1 heterocycles. The van der Waals surface area contributed by atoms with E-state index in [0.29, 0.717) is 38.8 Å². The van der Waals surface area contributed by atoms with Gasteiger partial charge in [0, 0.05) is 25.9 Å². The molecule has 8 N–H and O–H groups in total. The smallest absolute Gasteiger partial charge is 0.246 e. The molecule has 1 aliphatic rings. The first-order valence-corrected chi connectivity index (χ1v) is 13.5. The second-order valence-electron chi connectivity index (χ2n) is 10.1. The maximum absolute atomic E-state index is 13.8. The van der Waals surface area contributed by atoms with E-state index in [1.165, 1.54) is 12.1 Å². The lowest BCUT2D eigenvalue weighted by Gasteiger charge is -2.30. The van der Waals surface area contributed by atoms with Gasteiger partial charge in [-0.05, 0) is 49.3 Å². The number of aliphatic imine (C=N–C) groups is 1. The summed E-state index contributed by atoms with van der Waals surface area (Å²) in [4.78, 5) is 45.1. The number of unbranched alkanes of at least 4 members (excludes halogenated alkanes) is 2. The second kappa shape index (κ2) is 15.8. The average Bonchev–Trinajstić information content (AvgIpc) is 3.28. The molecule has 1 aliphatic heterocycles. The summed E-state index contributed by atoms with van der Waals surface area (Å²) in [7, 11) is 0. The Balaban J connectivity index is 2.13. The molecule has 1 aromatic carbocycles. The molecule has 38 heavy (non-hydrogen) atoms. The normalized spacial score (nSPS) is 18.4. The van der Waals surface area contributed by atoms with Gasteiger partial charge in [-0.1, -0.05) is 38.8 Å². The largest absolute Gasteiger partial charge is 0.508 e. The number of rotatable bonds is 15. The van der Waals surface area contributed by atoms with Gasteiger partial charge >= 0.3 is 0 Å². The number of guanidine groups is 1. The molecule has 11 nitrogen and oxygen atoms in total. The number of aromatic hydroxyl groups is 1. The number of carbonyl (C=O) groups is 3. The molecule has 0 radical (unpaired) electrons. The van der Waals surface area contributed by atoms with Crippen LogP contribution in [0.4, 0.5) is 0 Å². The molecule has 0 aromatic heterocycles. The van der Waals surface area contributed by atoms with Gasteiger partial charge in [0.05, 0.1) is 12.6 Å². The number of phenols is 1. The number of phenolic OH excluding ortho intramolecular Hbond substituents is 1. The number of nitrogens with zero attached hydrogens (tertiary/aromatic N) is 2. The summed E-state index contributed by atoms with van der Waals surface area (Å²) in [5, 5.41) is 25.1. The predicted molar refractivity (Wildman–Crippen MR) is 146 cm³/mol. The Labute approximate surface area is 225 Å². The molecule has 1 fully saturated rings. The van der Waals surface area contributed by atoms with Crippen molar-refractivity contribution in [2.45, 2.75) is 83.3 Å². The zero-order valence-electron chi connectivity index (χ0n) is 22.6. The highest BCUT2D eigenvalue weighted by molar-refractivity contribution is 5.93. The van der Waals surface area contributed by atoms with E-state index < -0.39 is 18.1 Å². The average molecular weight is 533 g/mol. The Morgan fingerprint density at radius 2 is 1.84 bits per heavy atom. The minimum absolute atomic E-state index is 0.0111. The van der Waals surface area contributed by atoms with Crippen molar-refractivity contribution in [1.29, 1.82) is 0 Å². The molecule has 1 unspecified atom stereocenters. The minimum atomic E-state index is -0.845. The summed E-state index contributed by atoms with van der Waals surface area (Å²) in [6.07, 6.45) is 4.74. The lowest BCUT2D eigenvalue weighted by atomic mass is 10.0. The lowest BCUT2D eigenvalue weighted by Crippen LogP contribution is -2.55. The number of carbonyl (C=O) groups excluding carboxylic acids is 3. The monoisotopic (exact) mass is 532 g/mol. The number of hydrogen-bond donors (Lipinski definition) is 6. The summed E-state index contributed by atoms with van der Waals surface area (Å²) >= 11 is 0. The molecular weight excluding hydrogens is 488 g/mol. The Hall–Kier alpha value is -3.34. The molecule has 11 heteroatoms. The predicted octanol–water partition coefficient (Wildman–Crippen LogP) is 0.768. The Bertz CT molecular complexity index is 934. The van der Waals surface area contributed by atoms with Crippen molar-refractivity contribution >= 4 is 23.7 Å². The quantitative estimate of drug-likeness (QED) is 0.109. The van der Waals surface area contributed by atoms with E-state index in [4.69, 9.17) is 11.5 Å². The SMILES string of the molecule is CCCCCC(=O)N[C@@H](Cc1ccc(O)cc1)C(=O)N1C[C@@H](C)C[C@H]1C(=O)NC(CO)CCCN=C(N)N. The zero-order valence-corrected chi connectivity index (χ0v) is 22.6. The zero-order chi connectivity index (χ0) is 28.1. The van der Waals surface area contributed by atoms with E-state index >= 15 is 0 Å². The summed E-state index contributed by atoms with van der Waals surface area (Å²) in [6.45, 7) is 4.56. The molecule has 1 saturated heterocycles. The van der Waals surface area contributed by atoms with Gasteiger partial charge in [-0.15, -0.1) is 0 Å². The standard InChI is InChI=1S/C27H44N6O5/c1-3-4-5-8-24(36)32-22(15-19-9-11-21(35)12-10-19)26(38)33-16-18(2)14-23(33)25(37)31-20(17-34)7-6-13-30-27(28)29/h9-12,18,20,22-23,34-35H,3-8,13-17H2,1-2H3,(H,31,37)(H,32,36)(H4,28,29,30)/t18-,20?,22-,23-/m0/s1. The number of hydrogen-bond acceptors (Lipinski definition) is 6. The van der Waals surface area contributed by atoms with Gasteiger partial charge in [0.25, 0.3) is 0 Å². The van der Waals surface area contributed by atoms with E-state index in [9.17, 15) is 24.6 Å². The van der Waals surface area contributed by atoms with Gasteiger partial charge in [-0.2, -0.15) is 0 Å². The molecule has 0 bridgehead atoms. The van der Waals surface area contributed by atoms with Crippen molar-refractivity contribution in [2.75, 3.05) is 19.7 Å². The maximum atomic E-state index is 13.8. The van der Waals surface area contributed by atoms with E-state index in [0.717, 1.165) is 24.8 Å².